The van der Waals surface area contributed by atoms with Crippen LogP contribution >= 0.6 is 0 Å². The lowest BCUT2D eigenvalue weighted by Crippen LogP contribution is -2.50. The van der Waals surface area contributed by atoms with Crippen molar-refractivity contribution in [3.05, 3.63) is 0 Å². The lowest BCUT2D eigenvalue weighted by Gasteiger charge is -2.25. The molecule has 2 saturated heterocycles. The molecule has 2 rings (SSSR count). The smallest absolute Gasteiger partial charge is 0.229 e. The van der Waals surface area contributed by atoms with E-state index in [2.05, 4.69) is 10.2 Å². The van der Waals surface area contributed by atoms with E-state index < -0.39 is 5.41 Å². The van der Waals surface area contributed by atoms with E-state index in [1.54, 1.807) is 0 Å². The molecule has 5 nitrogen and oxygen atoms in total. The van der Waals surface area contributed by atoms with Crippen molar-refractivity contribution in [1.29, 1.82) is 0 Å². The number of amides is 1. The van der Waals surface area contributed by atoms with Crippen LogP contribution in [0, 0.1) is 5.41 Å². The van der Waals surface area contributed by atoms with Crippen molar-refractivity contribution in [3.63, 3.8) is 0 Å². The van der Waals surface area contributed by atoms with Gasteiger partial charge < -0.3 is 20.7 Å². The van der Waals surface area contributed by atoms with Gasteiger partial charge in [0.25, 0.3) is 0 Å². The summed E-state index contributed by atoms with van der Waals surface area (Å²) in [5.74, 6) is 0.0360. The number of ether oxygens (including phenoxy) is 1. The second-order valence-corrected chi connectivity index (χ2v) is 5.70. The Labute approximate surface area is 109 Å². The second-order valence-electron chi connectivity index (χ2n) is 5.70. The number of hydrogen-bond acceptors (Lipinski definition) is 4. The van der Waals surface area contributed by atoms with Crippen molar-refractivity contribution < 1.29 is 9.53 Å². The minimum Gasteiger partial charge on any atom is -0.379 e. The van der Waals surface area contributed by atoms with E-state index in [1.165, 1.54) is 25.9 Å². The number of nitrogens with two attached hydrogens (primary N) is 1. The zero-order chi connectivity index (χ0) is 13.0. The lowest BCUT2D eigenvalue weighted by molar-refractivity contribution is -0.130. The molecular weight excluding hydrogens is 230 g/mol. The maximum absolute atomic E-state index is 12.1. The summed E-state index contributed by atoms with van der Waals surface area (Å²) in [4.78, 5) is 14.5. The van der Waals surface area contributed by atoms with E-state index in [1.807, 2.05) is 6.92 Å². The molecule has 0 radical (unpaired) electrons. The summed E-state index contributed by atoms with van der Waals surface area (Å²) in [6.07, 6.45) is 3.64. The number of hydrogen-bond donors (Lipinski definition) is 2. The van der Waals surface area contributed by atoms with E-state index in [9.17, 15) is 4.79 Å². The molecule has 0 bridgehead atoms. The summed E-state index contributed by atoms with van der Waals surface area (Å²) in [5.41, 5.74) is 5.38. The summed E-state index contributed by atoms with van der Waals surface area (Å²) in [6.45, 7) is 7.05. The topological polar surface area (TPSA) is 67.6 Å². The third kappa shape index (κ3) is 3.02. The van der Waals surface area contributed by atoms with Gasteiger partial charge in [0, 0.05) is 12.6 Å². The Balaban J connectivity index is 1.65. The lowest BCUT2D eigenvalue weighted by atomic mass is 9.85. The SMILES string of the molecule is CC1(C(=O)NCCCN2CCCC2)COCC1N. The van der Waals surface area contributed by atoms with Crippen molar-refractivity contribution in [2.75, 3.05) is 39.4 Å². The van der Waals surface area contributed by atoms with Gasteiger partial charge in [0.1, 0.15) is 0 Å². The van der Waals surface area contributed by atoms with Crippen LogP contribution in [0.25, 0.3) is 0 Å². The third-order valence-corrected chi connectivity index (χ3v) is 4.17. The summed E-state index contributed by atoms with van der Waals surface area (Å²) in [5, 5.41) is 2.99. The van der Waals surface area contributed by atoms with E-state index in [0.717, 1.165) is 19.5 Å². The first kappa shape index (κ1) is 13.8. The highest BCUT2D eigenvalue weighted by molar-refractivity contribution is 5.83. The maximum atomic E-state index is 12.1. The van der Waals surface area contributed by atoms with Crippen LogP contribution in [0.4, 0.5) is 0 Å². The van der Waals surface area contributed by atoms with Gasteiger partial charge in [-0.2, -0.15) is 0 Å². The number of nitrogens with one attached hydrogen (secondary N) is 1. The Bertz CT molecular complexity index is 292. The van der Waals surface area contributed by atoms with E-state index >= 15 is 0 Å². The average Bonchev–Trinajstić information content (AvgIpc) is 2.97. The van der Waals surface area contributed by atoms with Gasteiger partial charge in [0.2, 0.25) is 5.91 Å². The fourth-order valence-corrected chi connectivity index (χ4v) is 2.64. The number of nitrogens with zero attached hydrogens (tertiary/aromatic N) is 1. The molecule has 0 aliphatic carbocycles. The highest BCUT2D eigenvalue weighted by Crippen LogP contribution is 2.26. The van der Waals surface area contributed by atoms with Crippen LogP contribution in [0.1, 0.15) is 26.2 Å². The zero-order valence-corrected chi connectivity index (χ0v) is 11.3. The molecule has 2 aliphatic rings. The molecule has 5 heteroatoms. The molecule has 0 aromatic heterocycles. The molecule has 0 spiro atoms. The van der Waals surface area contributed by atoms with Gasteiger partial charge in [0.15, 0.2) is 0 Å². The first-order valence-electron chi connectivity index (χ1n) is 6.97. The largest absolute Gasteiger partial charge is 0.379 e. The van der Waals surface area contributed by atoms with Crippen LogP contribution in [0.15, 0.2) is 0 Å². The average molecular weight is 255 g/mol. The Hall–Kier alpha value is -0.650. The fourth-order valence-electron chi connectivity index (χ4n) is 2.64. The highest BCUT2D eigenvalue weighted by atomic mass is 16.5. The first-order valence-corrected chi connectivity index (χ1v) is 6.97. The highest BCUT2D eigenvalue weighted by Gasteiger charge is 2.44. The normalized spacial score (nSPS) is 32.9. The maximum Gasteiger partial charge on any atom is 0.229 e. The molecule has 2 heterocycles. The van der Waals surface area contributed by atoms with Crippen molar-refractivity contribution >= 4 is 5.91 Å². The molecule has 2 unspecified atom stereocenters. The van der Waals surface area contributed by atoms with Crippen LogP contribution in [-0.4, -0.2) is 56.2 Å². The standard InChI is InChI=1S/C13H25N3O2/c1-13(10-18-9-11(13)14)12(17)15-5-4-8-16-6-2-3-7-16/h11H,2-10,14H2,1H3,(H,15,17). The van der Waals surface area contributed by atoms with Gasteiger partial charge in [-0.3, -0.25) is 4.79 Å². The van der Waals surface area contributed by atoms with Gasteiger partial charge >= 0.3 is 0 Å². The van der Waals surface area contributed by atoms with Gasteiger partial charge in [-0.25, -0.2) is 0 Å². The summed E-state index contributed by atoms with van der Waals surface area (Å²) < 4.78 is 5.29. The predicted octanol–water partition coefficient (Wildman–Crippen LogP) is -0.0477. The minimum absolute atomic E-state index is 0.0360. The molecule has 0 aromatic carbocycles. The minimum atomic E-state index is -0.548. The molecule has 2 aliphatic heterocycles. The van der Waals surface area contributed by atoms with Gasteiger partial charge in [0.05, 0.1) is 18.6 Å². The number of carbonyl (C=O) groups is 1. The van der Waals surface area contributed by atoms with Crippen molar-refractivity contribution in [1.82, 2.24) is 10.2 Å². The van der Waals surface area contributed by atoms with Crippen molar-refractivity contribution in [2.24, 2.45) is 11.1 Å². The van der Waals surface area contributed by atoms with E-state index in [4.69, 9.17) is 10.5 Å². The van der Waals surface area contributed by atoms with Gasteiger partial charge in [-0.05, 0) is 45.8 Å². The summed E-state index contributed by atoms with van der Waals surface area (Å²) in [6, 6.07) is -0.184. The Morgan fingerprint density at radius 1 is 1.50 bits per heavy atom. The quantitative estimate of drug-likeness (QED) is 0.676. The molecular formula is C13H25N3O2. The predicted molar refractivity (Wildman–Crippen MR) is 70.2 cm³/mol. The molecule has 3 N–H and O–H groups in total. The Kier molecular flexibility index (Phi) is 4.59. The van der Waals surface area contributed by atoms with Crippen LogP contribution in [0.3, 0.4) is 0 Å². The first-order chi connectivity index (χ1) is 8.63. The molecule has 0 aromatic rings. The van der Waals surface area contributed by atoms with Gasteiger partial charge in [-0.15, -0.1) is 0 Å². The zero-order valence-electron chi connectivity index (χ0n) is 11.3. The fraction of sp³-hybridized carbons (Fsp3) is 0.923. The van der Waals surface area contributed by atoms with Crippen molar-refractivity contribution in [2.45, 2.75) is 32.2 Å². The Morgan fingerprint density at radius 2 is 2.22 bits per heavy atom. The van der Waals surface area contributed by atoms with Crippen LogP contribution < -0.4 is 11.1 Å². The molecule has 18 heavy (non-hydrogen) atoms. The monoisotopic (exact) mass is 255 g/mol. The molecule has 2 fully saturated rings. The van der Waals surface area contributed by atoms with Crippen LogP contribution in [-0.2, 0) is 9.53 Å². The number of likely N-dealkylation sites (tertiary alicyclic amines) is 1. The number of rotatable bonds is 5. The summed E-state index contributed by atoms with van der Waals surface area (Å²) in [7, 11) is 0. The Morgan fingerprint density at radius 3 is 2.83 bits per heavy atom. The third-order valence-electron chi connectivity index (χ3n) is 4.17. The molecule has 104 valence electrons. The second kappa shape index (κ2) is 5.99. The molecule has 1 amide bonds. The number of carbonyl (C=O) groups excluding carboxylic acids is 1. The van der Waals surface area contributed by atoms with Gasteiger partial charge in [-0.1, -0.05) is 0 Å². The van der Waals surface area contributed by atoms with E-state index in [0.29, 0.717) is 13.2 Å². The van der Waals surface area contributed by atoms with E-state index in [-0.39, 0.29) is 11.9 Å². The van der Waals surface area contributed by atoms with Crippen molar-refractivity contribution in [3.8, 4) is 0 Å². The molecule has 2 atom stereocenters. The van der Waals surface area contributed by atoms with Crippen LogP contribution in [0.2, 0.25) is 0 Å². The van der Waals surface area contributed by atoms with Crippen LogP contribution in [0.5, 0.6) is 0 Å². The molecule has 0 saturated carbocycles. The summed E-state index contributed by atoms with van der Waals surface area (Å²) >= 11 is 0.